The third-order valence-electron chi connectivity index (χ3n) is 5.45. The van der Waals surface area contributed by atoms with Crippen LogP contribution in [0.1, 0.15) is 29.8 Å². The van der Waals surface area contributed by atoms with Crippen molar-refractivity contribution in [1.29, 1.82) is 0 Å². The number of sulfonamides is 1. The lowest BCUT2D eigenvalue weighted by molar-refractivity contribution is 0.0997. The Kier molecular flexibility index (Phi) is 7.33. The Bertz CT molecular complexity index is 1490. The average molecular weight is 514 g/mol. The Morgan fingerprint density at radius 2 is 1.74 bits per heavy atom. The molecule has 9 heteroatoms. The van der Waals surface area contributed by atoms with Gasteiger partial charge in [0.05, 0.1) is 15.1 Å². The van der Waals surface area contributed by atoms with E-state index in [1.54, 1.807) is 6.92 Å². The molecule has 1 heterocycles. The number of hydrogen-bond donors (Lipinski definition) is 0. The van der Waals surface area contributed by atoms with Gasteiger partial charge in [-0.05, 0) is 55.0 Å². The lowest BCUT2D eigenvalue weighted by Gasteiger charge is -2.20. The summed E-state index contributed by atoms with van der Waals surface area (Å²) in [4.78, 5) is 17.9. The molecule has 0 spiro atoms. The number of aromatic nitrogens is 1. The van der Waals surface area contributed by atoms with E-state index >= 15 is 0 Å². The molecule has 0 aliphatic rings. The van der Waals surface area contributed by atoms with Crippen LogP contribution in [-0.4, -0.2) is 29.7 Å². The summed E-state index contributed by atoms with van der Waals surface area (Å²) in [6.07, 6.45) is 0. The second-order valence-electron chi connectivity index (χ2n) is 7.60. The second-order valence-corrected chi connectivity index (χ2v) is 11.0. The molecule has 1 amide bonds. The summed E-state index contributed by atoms with van der Waals surface area (Å²) in [5.41, 5.74) is 2.19. The van der Waals surface area contributed by atoms with Crippen LogP contribution < -0.4 is 4.80 Å². The Morgan fingerprint density at radius 3 is 2.38 bits per heavy atom. The number of halogens is 1. The fourth-order valence-electron chi connectivity index (χ4n) is 3.66. The highest BCUT2D eigenvalue weighted by Gasteiger charge is 2.23. The molecule has 3 aromatic carbocycles. The van der Waals surface area contributed by atoms with Gasteiger partial charge in [-0.3, -0.25) is 4.79 Å². The first-order valence-electron chi connectivity index (χ1n) is 10.9. The van der Waals surface area contributed by atoms with Crippen molar-refractivity contribution in [3.63, 3.8) is 0 Å². The maximum atomic E-state index is 13.2. The van der Waals surface area contributed by atoms with E-state index in [-0.39, 0.29) is 11.4 Å². The van der Waals surface area contributed by atoms with Crippen molar-refractivity contribution in [1.82, 2.24) is 8.87 Å². The third kappa shape index (κ3) is 5.00. The molecule has 34 heavy (non-hydrogen) atoms. The molecule has 0 saturated heterocycles. The molecule has 0 bridgehead atoms. The minimum Gasteiger partial charge on any atom is -0.317 e. The van der Waals surface area contributed by atoms with Gasteiger partial charge in [0.2, 0.25) is 10.0 Å². The van der Waals surface area contributed by atoms with Gasteiger partial charge in [-0.1, -0.05) is 60.2 Å². The van der Waals surface area contributed by atoms with Crippen molar-refractivity contribution in [3.8, 4) is 0 Å². The largest absolute Gasteiger partial charge is 0.317 e. The van der Waals surface area contributed by atoms with Gasteiger partial charge in [0.15, 0.2) is 4.80 Å². The Morgan fingerprint density at radius 1 is 1.03 bits per heavy atom. The van der Waals surface area contributed by atoms with Crippen molar-refractivity contribution in [2.75, 3.05) is 6.54 Å². The Labute approximate surface area is 207 Å². The van der Waals surface area contributed by atoms with Gasteiger partial charge in [-0.15, -0.1) is 0 Å². The van der Waals surface area contributed by atoms with Crippen molar-refractivity contribution in [3.05, 3.63) is 93.7 Å². The number of fused-ring (bicyclic) bond motifs is 1. The molecule has 0 saturated carbocycles. The number of benzene rings is 3. The van der Waals surface area contributed by atoms with Crippen LogP contribution in [0.25, 0.3) is 10.2 Å². The molecule has 4 rings (SSSR count). The molecule has 176 valence electrons. The number of carbonyl (C=O) groups excluding carboxylic acids is 1. The van der Waals surface area contributed by atoms with Gasteiger partial charge in [-0.25, -0.2) is 8.42 Å². The van der Waals surface area contributed by atoms with Crippen molar-refractivity contribution in [2.24, 2.45) is 4.99 Å². The lowest BCUT2D eigenvalue weighted by Crippen LogP contribution is -2.30. The van der Waals surface area contributed by atoms with Gasteiger partial charge in [0, 0.05) is 30.2 Å². The maximum Gasteiger partial charge on any atom is 0.279 e. The van der Waals surface area contributed by atoms with Crippen molar-refractivity contribution >= 4 is 49.1 Å². The molecular formula is C25H24ClN3O3S2. The second kappa shape index (κ2) is 10.2. The average Bonchev–Trinajstić information content (AvgIpc) is 3.18. The SMILES string of the molecule is CCN(Cc1ccccc1)S(=O)(=O)c1ccc(C(=O)N=c2sc3cc(Cl)ccc3n2CC)cc1. The summed E-state index contributed by atoms with van der Waals surface area (Å²) < 4.78 is 30.6. The smallest absolute Gasteiger partial charge is 0.279 e. The van der Waals surface area contributed by atoms with E-state index in [2.05, 4.69) is 4.99 Å². The normalized spacial score (nSPS) is 12.5. The molecule has 0 fully saturated rings. The van der Waals surface area contributed by atoms with Crippen LogP contribution in [0.3, 0.4) is 0 Å². The highest BCUT2D eigenvalue weighted by atomic mass is 35.5. The van der Waals surface area contributed by atoms with E-state index in [4.69, 9.17) is 11.6 Å². The van der Waals surface area contributed by atoms with Crippen LogP contribution in [-0.2, 0) is 23.1 Å². The number of carbonyl (C=O) groups is 1. The first-order chi connectivity index (χ1) is 16.3. The summed E-state index contributed by atoms with van der Waals surface area (Å²) in [7, 11) is -3.71. The van der Waals surface area contributed by atoms with Crippen LogP contribution >= 0.6 is 22.9 Å². The topological polar surface area (TPSA) is 71.7 Å². The fourth-order valence-corrected chi connectivity index (χ4v) is 6.47. The first kappa shape index (κ1) is 24.3. The van der Waals surface area contributed by atoms with Crippen LogP contribution in [0.2, 0.25) is 5.02 Å². The number of nitrogens with zero attached hydrogens (tertiary/aromatic N) is 3. The van der Waals surface area contributed by atoms with Gasteiger partial charge in [0.25, 0.3) is 5.91 Å². The quantitative estimate of drug-likeness (QED) is 0.335. The predicted molar refractivity (Wildman–Crippen MR) is 137 cm³/mol. The molecule has 0 aliphatic heterocycles. The van der Waals surface area contributed by atoms with Crippen LogP contribution in [0, 0.1) is 0 Å². The minimum absolute atomic E-state index is 0.141. The minimum atomic E-state index is -3.71. The molecule has 0 radical (unpaired) electrons. The number of hydrogen-bond acceptors (Lipinski definition) is 4. The molecule has 0 atom stereocenters. The van der Waals surface area contributed by atoms with Crippen LogP contribution in [0.5, 0.6) is 0 Å². The monoisotopic (exact) mass is 513 g/mol. The predicted octanol–water partition coefficient (Wildman–Crippen LogP) is 5.33. The van der Waals surface area contributed by atoms with Gasteiger partial charge in [0.1, 0.15) is 0 Å². The summed E-state index contributed by atoms with van der Waals surface area (Å²) in [6.45, 7) is 5.05. The summed E-state index contributed by atoms with van der Waals surface area (Å²) in [6, 6.07) is 21.0. The molecule has 1 aromatic heterocycles. The lowest BCUT2D eigenvalue weighted by atomic mass is 10.2. The third-order valence-corrected chi connectivity index (χ3v) is 8.66. The van der Waals surface area contributed by atoms with Crippen LogP contribution in [0.15, 0.2) is 82.7 Å². The number of thiazole rings is 1. The van der Waals surface area contributed by atoms with Gasteiger partial charge in [-0.2, -0.15) is 9.30 Å². The molecule has 0 unspecified atom stereocenters. The highest BCUT2D eigenvalue weighted by molar-refractivity contribution is 7.89. The standard InChI is InChI=1S/C25H24ClN3O3S2/c1-3-28(17-18-8-6-5-7-9-18)34(31,32)21-13-10-19(11-14-21)24(30)27-25-29(4-2)22-15-12-20(26)16-23(22)33-25/h5-16H,3-4,17H2,1-2H3. The zero-order chi connectivity index (χ0) is 24.3. The van der Waals surface area contributed by atoms with Crippen LogP contribution in [0.4, 0.5) is 0 Å². The first-order valence-corrected chi connectivity index (χ1v) is 13.5. The Hall–Kier alpha value is -2.78. The molecular weight excluding hydrogens is 490 g/mol. The summed E-state index contributed by atoms with van der Waals surface area (Å²) in [5, 5.41) is 0.625. The number of rotatable bonds is 7. The van der Waals surface area contributed by atoms with E-state index in [0.717, 1.165) is 15.8 Å². The molecule has 0 aliphatic carbocycles. The van der Waals surface area contributed by atoms with E-state index in [9.17, 15) is 13.2 Å². The van der Waals surface area contributed by atoms with E-state index in [1.807, 2.05) is 60.0 Å². The van der Waals surface area contributed by atoms with E-state index in [1.165, 1.54) is 39.9 Å². The summed E-state index contributed by atoms with van der Waals surface area (Å²) >= 11 is 7.49. The van der Waals surface area contributed by atoms with E-state index in [0.29, 0.717) is 28.5 Å². The highest BCUT2D eigenvalue weighted by Crippen LogP contribution is 2.22. The number of aryl methyl sites for hydroxylation is 1. The fraction of sp³-hybridized carbons (Fsp3) is 0.200. The van der Waals surface area contributed by atoms with Crippen molar-refractivity contribution in [2.45, 2.75) is 31.8 Å². The molecule has 6 nitrogen and oxygen atoms in total. The summed E-state index contributed by atoms with van der Waals surface area (Å²) in [5.74, 6) is -0.430. The van der Waals surface area contributed by atoms with Gasteiger partial charge < -0.3 is 4.57 Å². The maximum absolute atomic E-state index is 13.2. The van der Waals surface area contributed by atoms with E-state index < -0.39 is 15.9 Å². The Balaban J connectivity index is 1.61. The molecule has 0 N–H and O–H groups in total. The van der Waals surface area contributed by atoms with Crippen molar-refractivity contribution < 1.29 is 13.2 Å². The zero-order valence-electron chi connectivity index (χ0n) is 18.8. The number of amides is 1. The zero-order valence-corrected chi connectivity index (χ0v) is 21.2. The molecule has 4 aromatic rings. The van der Waals surface area contributed by atoms with Gasteiger partial charge >= 0.3 is 0 Å².